The second kappa shape index (κ2) is 9.59. The van der Waals surface area contributed by atoms with Crippen LogP contribution in [-0.4, -0.2) is 49.8 Å². The summed E-state index contributed by atoms with van der Waals surface area (Å²) in [6, 6.07) is 7.45. The van der Waals surface area contributed by atoms with Crippen LogP contribution in [0.3, 0.4) is 0 Å². The van der Waals surface area contributed by atoms with Crippen molar-refractivity contribution >= 4 is 28.0 Å². The predicted molar refractivity (Wildman–Crippen MR) is 86.8 cm³/mol. The fourth-order valence-corrected chi connectivity index (χ4v) is 2.31. The van der Waals surface area contributed by atoms with Gasteiger partial charge in [0.15, 0.2) is 0 Å². The van der Waals surface area contributed by atoms with Crippen LogP contribution in [0.1, 0.15) is 12.0 Å². The molecule has 1 unspecified atom stereocenters. The van der Waals surface area contributed by atoms with Gasteiger partial charge in [0.25, 0.3) is 0 Å². The molecule has 0 fully saturated rings. The van der Waals surface area contributed by atoms with Crippen molar-refractivity contribution in [1.82, 2.24) is 10.6 Å². The van der Waals surface area contributed by atoms with E-state index in [-0.39, 0.29) is 13.0 Å². The molecule has 1 aromatic carbocycles. The molecular weight excluding hydrogens is 354 g/mol. The summed E-state index contributed by atoms with van der Waals surface area (Å²) < 4.78 is 27.0. The Labute approximate surface area is 144 Å². The first-order valence-corrected chi connectivity index (χ1v) is 8.86. The summed E-state index contributed by atoms with van der Waals surface area (Å²) in [5.41, 5.74) is 0.717. The number of carboxylic acids is 1. The van der Waals surface area contributed by atoms with Gasteiger partial charge in [-0.15, -0.1) is 0 Å². The maximum Gasteiger partial charge on any atom is 0.408 e. The summed E-state index contributed by atoms with van der Waals surface area (Å²) in [6.45, 7) is -0.725. The zero-order valence-corrected chi connectivity index (χ0v) is 14.0. The third kappa shape index (κ3) is 9.27. The van der Waals surface area contributed by atoms with Crippen LogP contribution < -0.4 is 15.8 Å². The lowest BCUT2D eigenvalue weighted by atomic mass is 10.2. The average Bonchev–Trinajstić information content (AvgIpc) is 2.54. The van der Waals surface area contributed by atoms with Gasteiger partial charge in [-0.25, -0.2) is 18.4 Å². The molecule has 25 heavy (non-hydrogen) atoms. The lowest BCUT2D eigenvalue weighted by Crippen LogP contribution is -2.49. The van der Waals surface area contributed by atoms with E-state index < -0.39 is 46.3 Å². The van der Waals surface area contributed by atoms with Crippen molar-refractivity contribution in [3.63, 3.8) is 0 Å². The van der Waals surface area contributed by atoms with Crippen molar-refractivity contribution < 1.29 is 32.6 Å². The molecule has 2 amide bonds. The van der Waals surface area contributed by atoms with E-state index in [0.717, 1.165) is 0 Å². The largest absolute Gasteiger partial charge is 0.480 e. The molecule has 0 aromatic heterocycles. The summed E-state index contributed by atoms with van der Waals surface area (Å²) in [4.78, 5) is 34.2. The van der Waals surface area contributed by atoms with Crippen molar-refractivity contribution in [1.29, 1.82) is 0 Å². The molecule has 0 saturated carbocycles. The van der Waals surface area contributed by atoms with E-state index in [1.165, 1.54) is 0 Å². The van der Waals surface area contributed by atoms with Crippen molar-refractivity contribution in [2.45, 2.75) is 19.1 Å². The van der Waals surface area contributed by atoms with Crippen LogP contribution >= 0.6 is 0 Å². The first kappa shape index (κ1) is 20.4. The van der Waals surface area contributed by atoms with E-state index in [2.05, 4.69) is 10.6 Å². The second-order valence-corrected chi connectivity index (χ2v) is 6.76. The number of rotatable bonds is 9. The van der Waals surface area contributed by atoms with Gasteiger partial charge in [-0.3, -0.25) is 9.59 Å². The van der Waals surface area contributed by atoms with Crippen molar-refractivity contribution in [2.75, 3.05) is 12.3 Å². The molecule has 0 aliphatic carbocycles. The Balaban J connectivity index is 2.62. The smallest absolute Gasteiger partial charge is 0.408 e. The maximum atomic E-state index is 11.9. The molecule has 1 atom stereocenters. The third-order valence-electron chi connectivity index (χ3n) is 2.93. The minimum Gasteiger partial charge on any atom is -0.480 e. The van der Waals surface area contributed by atoms with Crippen LogP contribution in [-0.2, 0) is 31.0 Å². The Morgan fingerprint density at radius 3 is 2.40 bits per heavy atom. The molecule has 11 heteroatoms. The van der Waals surface area contributed by atoms with Crippen LogP contribution in [0.25, 0.3) is 0 Å². The van der Waals surface area contributed by atoms with E-state index in [9.17, 15) is 22.8 Å². The first-order valence-electron chi connectivity index (χ1n) is 7.14. The number of amides is 2. The van der Waals surface area contributed by atoms with Gasteiger partial charge in [-0.2, -0.15) is 0 Å². The number of nitrogens with two attached hydrogens (primary N) is 1. The summed E-state index contributed by atoms with van der Waals surface area (Å²) in [7, 11) is -3.86. The minimum absolute atomic E-state index is 0.0503. The Hall–Kier alpha value is -2.66. The highest BCUT2D eigenvalue weighted by Gasteiger charge is 2.23. The van der Waals surface area contributed by atoms with Gasteiger partial charge in [0.1, 0.15) is 19.2 Å². The molecule has 1 aromatic rings. The molecular formula is C14H19N3O7S. The number of hydrogen-bond donors (Lipinski definition) is 4. The number of hydrogen-bond acceptors (Lipinski definition) is 6. The van der Waals surface area contributed by atoms with Crippen LogP contribution in [0, 0.1) is 0 Å². The fraction of sp³-hybridized carbons (Fsp3) is 0.357. The topological polar surface area (TPSA) is 165 Å². The summed E-state index contributed by atoms with van der Waals surface area (Å²) in [5, 5.41) is 17.7. The van der Waals surface area contributed by atoms with Gasteiger partial charge in [0, 0.05) is 0 Å². The van der Waals surface area contributed by atoms with Crippen LogP contribution in [0.5, 0.6) is 0 Å². The third-order valence-corrected chi connectivity index (χ3v) is 3.73. The van der Waals surface area contributed by atoms with E-state index in [1.54, 1.807) is 30.3 Å². The number of ether oxygens (including phenoxy) is 1. The number of aliphatic carboxylic acids is 1. The SMILES string of the molecule is NS(=O)(=O)CCC(NC(=O)OCc1ccccc1)C(=O)NCC(=O)O. The van der Waals surface area contributed by atoms with Crippen LogP contribution in [0.15, 0.2) is 30.3 Å². The first-order chi connectivity index (χ1) is 11.7. The molecule has 5 N–H and O–H groups in total. The standard InChI is InChI=1S/C14H19N3O7S/c15-25(22,23)7-6-11(13(20)16-8-12(18)19)17-14(21)24-9-10-4-2-1-3-5-10/h1-5,11H,6-9H2,(H,16,20)(H,17,21)(H,18,19)(H2,15,22,23). The lowest BCUT2D eigenvalue weighted by molar-refractivity contribution is -0.138. The van der Waals surface area contributed by atoms with E-state index in [4.69, 9.17) is 15.0 Å². The van der Waals surface area contributed by atoms with Crippen molar-refractivity contribution in [3.8, 4) is 0 Å². The zero-order valence-electron chi connectivity index (χ0n) is 13.2. The van der Waals surface area contributed by atoms with Crippen molar-refractivity contribution in [2.24, 2.45) is 5.14 Å². The Bertz CT molecular complexity index is 706. The van der Waals surface area contributed by atoms with E-state index >= 15 is 0 Å². The van der Waals surface area contributed by atoms with Crippen molar-refractivity contribution in [3.05, 3.63) is 35.9 Å². The molecule has 0 aliphatic heterocycles. The molecule has 0 bridgehead atoms. The van der Waals surface area contributed by atoms with Gasteiger partial charge in [-0.1, -0.05) is 30.3 Å². The molecule has 0 heterocycles. The Morgan fingerprint density at radius 1 is 1.20 bits per heavy atom. The summed E-state index contributed by atoms with van der Waals surface area (Å²) in [6.07, 6.45) is -1.28. The zero-order chi connectivity index (χ0) is 18.9. The molecule has 10 nitrogen and oxygen atoms in total. The quantitative estimate of drug-likeness (QED) is 0.438. The number of benzene rings is 1. The predicted octanol–water partition coefficient (Wildman–Crippen LogP) is -0.839. The fourth-order valence-electron chi connectivity index (χ4n) is 1.74. The highest BCUT2D eigenvalue weighted by Crippen LogP contribution is 2.02. The summed E-state index contributed by atoms with van der Waals surface area (Å²) >= 11 is 0. The van der Waals surface area contributed by atoms with Gasteiger partial charge in [-0.05, 0) is 12.0 Å². The number of carbonyl (C=O) groups is 3. The summed E-state index contributed by atoms with van der Waals surface area (Å²) in [5.74, 6) is -2.72. The highest BCUT2D eigenvalue weighted by molar-refractivity contribution is 7.89. The normalized spacial score (nSPS) is 12.0. The average molecular weight is 373 g/mol. The van der Waals surface area contributed by atoms with E-state index in [0.29, 0.717) is 5.56 Å². The van der Waals surface area contributed by atoms with Gasteiger partial charge in [0.2, 0.25) is 15.9 Å². The van der Waals surface area contributed by atoms with Gasteiger partial charge in [0.05, 0.1) is 5.75 Å². The van der Waals surface area contributed by atoms with Crippen LogP contribution in [0.2, 0.25) is 0 Å². The van der Waals surface area contributed by atoms with Gasteiger partial charge >= 0.3 is 12.1 Å². The lowest BCUT2D eigenvalue weighted by Gasteiger charge is -2.17. The van der Waals surface area contributed by atoms with E-state index in [1.807, 2.05) is 0 Å². The van der Waals surface area contributed by atoms with Crippen LogP contribution in [0.4, 0.5) is 4.79 Å². The monoisotopic (exact) mass is 373 g/mol. The molecule has 1 rings (SSSR count). The Kier molecular flexibility index (Phi) is 7.82. The maximum absolute atomic E-state index is 11.9. The molecule has 138 valence electrons. The number of carbonyl (C=O) groups excluding carboxylic acids is 2. The number of carboxylic acid groups (broad SMARTS) is 1. The highest BCUT2D eigenvalue weighted by atomic mass is 32.2. The minimum atomic E-state index is -3.86. The number of alkyl carbamates (subject to hydrolysis) is 1. The van der Waals surface area contributed by atoms with Gasteiger partial charge < -0.3 is 20.5 Å². The molecule has 0 saturated heterocycles. The molecule has 0 radical (unpaired) electrons. The molecule has 0 spiro atoms. The number of nitrogens with one attached hydrogen (secondary N) is 2. The molecule has 0 aliphatic rings. The number of primary sulfonamides is 1. The Morgan fingerprint density at radius 2 is 1.84 bits per heavy atom. The second-order valence-electron chi connectivity index (χ2n) is 5.03. The number of sulfonamides is 1.